The Kier molecular flexibility index (Phi) is 3.74. The van der Waals surface area contributed by atoms with Gasteiger partial charge in [-0.15, -0.1) is 0 Å². The van der Waals surface area contributed by atoms with E-state index in [1.807, 2.05) is 4.68 Å². The maximum Gasteiger partial charge on any atom is 0.133 e. The Morgan fingerprint density at radius 1 is 1.35 bits per heavy atom. The summed E-state index contributed by atoms with van der Waals surface area (Å²) in [5.41, 5.74) is 4.72. The van der Waals surface area contributed by atoms with Gasteiger partial charge in [-0.3, -0.25) is 0 Å². The van der Waals surface area contributed by atoms with E-state index in [0.29, 0.717) is 6.61 Å². The number of aryl methyl sites for hydroxylation is 1. The number of rotatable bonds is 3. The molecule has 0 saturated heterocycles. The predicted octanol–water partition coefficient (Wildman–Crippen LogP) is 3.08. The second-order valence-corrected chi connectivity index (χ2v) is 5.34. The Morgan fingerprint density at radius 3 is 3.05 bits per heavy atom. The van der Waals surface area contributed by atoms with Crippen LogP contribution in [0.1, 0.15) is 29.7 Å². The average molecular weight is 271 g/mol. The van der Waals surface area contributed by atoms with Gasteiger partial charge in [-0.2, -0.15) is 5.10 Å². The van der Waals surface area contributed by atoms with Gasteiger partial charge in [0, 0.05) is 19.2 Å². The number of methoxy groups -OCH3 is 1. The van der Waals surface area contributed by atoms with Crippen molar-refractivity contribution in [2.24, 2.45) is 0 Å². The largest absolute Gasteiger partial charge is 0.378 e. The lowest BCUT2D eigenvalue weighted by Gasteiger charge is -2.09. The van der Waals surface area contributed by atoms with Crippen molar-refractivity contribution in [3.63, 3.8) is 0 Å². The van der Waals surface area contributed by atoms with Gasteiger partial charge in [0.25, 0.3) is 0 Å². The summed E-state index contributed by atoms with van der Waals surface area (Å²) in [4.78, 5) is 0. The molecule has 1 aromatic heterocycles. The molecular weight excluding hydrogens is 250 g/mol. The Hall–Kier alpha value is -1.81. The molecule has 0 bridgehead atoms. The molecular formula is C16H21N3O. The topological polar surface area (TPSA) is 39.1 Å². The SMILES string of the molecule is COCc1nn(-c2cccc(C)c2)c2c1CCCCN2. The molecule has 2 aromatic rings. The van der Waals surface area contributed by atoms with Crippen LogP contribution in [0, 0.1) is 6.92 Å². The number of benzene rings is 1. The van der Waals surface area contributed by atoms with Crippen LogP contribution in [-0.2, 0) is 17.8 Å². The molecule has 1 N–H and O–H groups in total. The molecule has 20 heavy (non-hydrogen) atoms. The van der Waals surface area contributed by atoms with Crippen LogP contribution in [0.2, 0.25) is 0 Å². The lowest BCUT2D eigenvalue weighted by Crippen LogP contribution is -2.07. The van der Waals surface area contributed by atoms with E-state index in [0.717, 1.165) is 30.2 Å². The third-order valence-electron chi connectivity index (χ3n) is 3.74. The van der Waals surface area contributed by atoms with Crippen LogP contribution in [-0.4, -0.2) is 23.4 Å². The van der Waals surface area contributed by atoms with Gasteiger partial charge in [0.05, 0.1) is 18.0 Å². The number of fused-ring (bicyclic) bond motifs is 1. The quantitative estimate of drug-likeness (QED) is 0.932. The molecule has 0 fully saturated rings. The van der Waals surface area contributed by atoms with Crippen molar-refractivity contribution in [2.75, 3.05) is 19.0 Å². The molecule has 2 heterocycles. The van der Waals surface area contributed by atoms with Crippen LogP contribution in [0.25, 0.3) is 5.69 Å². The van der Waals surface area contributed by atoms with Crippen LogP contribution in [0.4, 0.5) is 5.82 Å². The highest BCUT2D eigenvalue weighted by atomic mass is 16.5. The second-order valence-electron chi connectivity index (χ2n) is 5.34. The minimum absolute atomic E-state index is 0.572. The zero-order valence-electron chi connectivity index (χ0n) is 12.1. The van der Waals surface area contributed by atoms with E-state index in [1.54, 1.807) is 7.11 Å². The molecule has 0 amide bonds. The van der Waals surface area contributed by atoms with E-state index in [-0.39, 0.29) is 0 Å². The molecule has 0 radical (unpaired) electrons. The Morgan fingerprint density at radius 2 is 2.25 bits per heavy atom. The fourth-order valence-electron chi connectivity index (χ4n) is 2.77. The maximum absolute atomic E-state index is 5.30. The first kappa shape index (κ1) is 13.2. The van der Waals surface area contributed by atoms with Crippen molar-refractivity contribution in [3.05, 3.63) is 41.1 Å². The highest BCUT2D eigenvalue weighted by Crippen LogP contribution is 2.28. The zero-order valence-corrected chi connectivity index (χ0v) is 12.1. The molecule has 3 rings (SSSR count). The van der Waals surface area contributed by atoms with E-state index in [9.17, 15) is 0 Å². The van der Waals surface area contributed by atoms with E-state index < -0.39 is 0 Å². The van der Waals surface area contributed by atoms with Gasteiger partial charge < -0.3 is 10.1 Å². The Labute approximate surface area is 119 Å². The van der Waals surface area contributed by atoms with Crippen LogP contribution >= 0.6 is 0 Å². The van der Waals surface area contributed by atoms with Crippen molar-refractivity contribution in [3.8, 4) is 5.69 Å². The number of anilines is 1. The van der Waals surface area contributed by atoms with Crippen molar-refractivity contribution >= 4 is 5.82 Å². The first-order chi connectivity index (χ1) is 9.79. The van der Waals surface area contributed by atoms with Crippen LogP contribution in [0.3, 0.4) is 0 Å². The standard InChI is InChI=1S/C16H21N3O/c1-12-6-5-7-13(10-12)19-16-14(8-3-4-9-17-16)15(18-19)11-20-2/h5-7,10,17H,3-4,8-9,11H2,1-2H3. The van der Waals surface area contributed by atoms with Crippen molar-refractivity contribution in [1.29, 1.82) is 0 Å². The number of ether oxygens (including phenoxy) is 1. The minimum Gasteiger partial charge on any atom is -0.378 e. The highest BCUT2D eigenvalue weighted by molar-refractivity contribution is 5.54. The Bertz CT molecular complexity index is 604. The molecule has 0 saturated carbocycles. The number of nitrogens with one attached hydrogen (secondary N) is 1. The molecule has 0 unspecified atom stereocenters. The highest BCUT2D eigenvalue weighted by Gasteiger charge is 2.20. The molecule has 1 aliphatic rings. The molecule has 0 atom stereocenters. The smallest absolute Gasteiger partial charge is 0.133 e. The van der Waals surface area contributed by atoms with E-state index in [4.69, 9.17) is 9.84 Å². The fraction of sp³-hybridized carbons (Fsp3) is 0.438. The van der Waals surface area contributed by atoms with Gasteiger partial charge in [0.15, 0.2) is 0 Å². The van der Waals surface area contributed by atoms with Gasteiger partial charge >= 0.3 is 0 Å². The first-order valence-electron chi connectivity index (χ1n) is 7.20. The summed E-state index contributed by atoms with van der Waals surface area (Å²) in [5, 5.41) is 8.30. The third-order valence-corrected chi connectivity index (χ3v) is 3.74. The monoisotopic (exact) mass is 271 g/mol. The first-order valence-corrected chi connectivity index (χ1v) is 7.20. The molecule has 4 heteroatoms. The molecule has 106 valence electrons. The van der Waals surface area contributed by atoms with Crippen molar-refractivity contribution < 1.29 is 4.74 Å². The van der Waals surface area contributed by atoms with E-state index >= 15 is 0 Å². The Balaban J connectivity index is 2.10. The van der Waals surface area contributed by atoms with Gasteiger partial charge in [-0.05, 0) is 43.9 Å². The molecule has 0 aliphatic carbocycles. The maximum atomic E-state index is 5.30. The predicted molar refractivity (Wildman–Crippen MR) is 80.4 cm³/mol. The second kappa shape index (κ2) is 5.67. The van der Waals surface area contributed by atoms with Crippen molar-refractivity contribution in [1.82, 2.24) is 9.78 Å². The van der Waals surface area contributed by atoms with Crippen LogP contribution in [0.5, 0.6) is 0 Å². The van der Waals surface area contributed by atoms with Crippen LogP contribution in [0.15, 0.2) is 24.3 Å². The lowest BCUT2D eigenvalue weighted by atomic mass is 10.1. The summed E-state index contributed by atoms with van der Waals surface area (Å²) in [5.74, 6) is 1.14. The number of aromatic nitrogens is 2. The summed E-state index contributed by atoms with van der Waals surface area (Å²) < 4.78 is 7.33. The summed E-state index contributed by atoms with van der Waals surface area (Å²) in [6.45, 7) is 3.69. The number of nitrogens with zero attached hydrogens (tertiary/aromatic N) is 2. The lowest BCUT2D eigenvalue weighted by molar-refractivity contribution is 0.180. The van der Waals surface area contributed by atoms with Gasteiger partial charge in [-0.25, -0.2) is 4.68 Å². The summed E-state index contributed by atoms with van der Waals surface area (Å²) >= 11 is 0. The average Bonchev–Trinajstić information content (AvgIpc) is 2.62. The van der Waals surface area contributed by atoms with Gasteiger partial charge in [0.2, 0.25) is 0 Å². The number of hydrogen-bond donors (Lipinski definition) is 1. The van der Waals surface area contributed by atoms with Crippen molar-refractivity contribution in [2.45, 2.75) is 32.8 Å². The fourth-order valence-corrected chi connectivity index (χ4v) is 2.77. The summed E-state index contributed by atoms with van der Waals surface area (Å²) in [6.07, 6.45) is 3.48. The van der Waals surface area contributed by atoms with Crippen LogP contribution < -0.4 is 5.32 Å². The number of hydrogen-bond acceptors (Lipinski definition) is 3. The van der Waals surface area contributed by atoms with E-state index in [2.05, 4.69) is 36.5 Å². The molecule has 1 aliphatic heterocycles. The normalized spacial score (nSPS) is 14.5. The summed E-state index contributed by atoms with van der Waals surface area (Å²) in [6, 6.07) is 8.44. The van der Waals surface area contributed by atoms with E-state index in [1.165, 1.54) is 24.0 Å². The van der Waals surface area contributed by atoms with Gasteiger partial charge in [0.1, 0.15) is 5.82 Å². The third kappa shape index (κ3) is 2.43. The molecule has 0 spiro atoms. The zero-order chi connectivity index (χ0) is 13.9. The minimum atomic E-state index is 0.572. The molecule has 1 aromatic carbocycles. The van der Waals surface area contributed by atoms with Gasteiger partial charge in [-0.1, -0.05) is 12.1 Å². The molecule has 4 nitrogen and oxygen atoms in total. The summed E-state index contributed by atoms with van der Waals surface area (Å²) in [7, 11) is 1.72.